The molecule has 2 N–H and O–H groups in total. The van der Waals surface area contributed by atoms with Crippen LogP contribution < -0.4 is 0 Å². The van der Waals surface area contributed by atoms with Gasteiger partial charge in [-0.15, -0.1) is 0 Å². The molecule has 5 nitrogen and oxygen atoms in total. The van der Waals surface area contributed by atoms with Crippen molar-refractivity contribution in [3.8, 4) is 11.5 Å². The second-order valence-corrected chi connectivity index (χ2v) is 4.99. The Bertz CT molecular complexity index is 375. The maximum atomic E-state index is 10.1. The monoisotopic (exact) mass is 253 g/mol. The van der Waals surface area contributed by atoms with E-state index in [1.807, 2.05) is 57.0 Å². The van der Waals surface area contributed by atoms with Crippen LogP contribution in [0.2, 0.25) is 0 Å². The molecule has 0 heterocycles. The smallest absolute Gasteiger partial charge is 0.163 e. The van der Waals surface area contributed by atoms with E-state index in [0.29, 0.717) is 5.56 Å². The molecule has 0 radical (unpaired) electrons. The normalized spacial score (nSPS) is 12.7. The summed E-state index contributed by atoms with van der Waals surface area (Å²) >= 11 is 0. The highest BCUT2D eigenvalue weighted by molar-refractivity contribution is 5.47. The molecular weight excluding hydrogens is 230 g/mol. The van der Waals surface area contributed by atoms with Gasteiger partial charge in [0.1, 0.15) is 11.5 Å². The van der Waals surface area contributed by atoms with Crippen molar-refractivity contribution in [3.63, 3.8) is 0 Å². The number of rotatable bonds is 4. The van der Waals surface area contributed by atoms with Crippen LogP contribution in [-0.4, -0.2) is 67.2 Å². The van der Waals surface area contributed by atoms with Gasteiger partial charge in [0.15, 0.2) is 5.79 Å². The van der Waals surface area contributed by atoms with Gasteiger partial charge in [-0.05, 0) is 54.4 Å². The van der Waals surface area contributed by atoms with Gasteiger partial charge in [0, 0.05) is 0 Å². The Kier molecular flexibility index (Phi) is 4.21. The minimum Gasteiger partial charge on any atom is -0.507 e. The minimum absolute atomic E-state index is 0.0751. The molecular formula is C13H23N3O2. The first-order valence-corrected chi connectivity index (χ1v) is 5.80. The van der Waals surface area contributed by atoms with Crippen LogP contribution >= 0.6 is 0 Å². The van der Waals surface area contributed by atoms with E-state index in [-0.39, 0.29) is 11.5 Å². The Balaban J connectivity index is 3.63. The lowest BCUT2D eigenvalue weighted by Crippen LogP contribution is -2.61. The van der Waals surface area contributed by atoms with Crippen molar-refractivity contribution >= 4 is 0 Å². The van der Waals surface area contributed by atoms with E-state index in [4.69, 9.17) is 0 Å². The molecule has 0 unspecified atom stereocenters. The van der Waals surface area contributed by atoms with Gasteiger partial charge >= 0.3 is 0 Å². The van der Waals surface area contributed by atoms with Crippen LogP contribution in [0, 0.1) is 0 Å². The molecule has 0 aliphatic rings. The molecule has 0 saturated heterocycles. The zero-order chi connectivity index (χ0) is 14.1. The summed E-state index contributed by atoms with van der Waals surface area (Å²) in [6.45, 7) is 0. The maximum absolute atomic E-state index is 10.1. The van der Waals surface area contributed by atoms with Crippen molar-refractivity contribution in [1.29, 1.82) is 0 Å². The first-order chi connectivity index (χ1) is 8.26. The van der Waals surface area contributed by atoms with Gasteiger partial charge in [-0.3, -0.25) is 14.7 Å². The number of nitrogens with zero attached hydrogens (tertiary/aromatic N) is 3. The highest BCUT2D eigenvalue weighted by Crippen LogP contribution is 2.41. The van der Waals surface area contributed by atoms with Crippen LogP contribution in [0.3, 0.4) is 0 Å². The van der Waals surface area contributed by atoms with Crippen molar-refractivity contribution in [2.45, 2.75) is 5.79 Å². The minimum atomic E-state index is -0.727. The molecule has 1 rings (SSSR count). The molecule has 1 aromatic carbocycles. The largest absolute Gasteiger partial charge is 0.507 e. The fraction of sp³-hybridized carbons (Fsp3) is 0.538. The zero-order valence-corrected chi connectivity index (χ0v) is 12.0. The average Bonchev–Trinajstić information content (AvgIpc) is 2.21. The van der Waals surface area contributed by atoms with Gasteiger partial charge in [-0.1, -0.05) is 6.07 Å². The van der Waals surface area contributed by atoms with E-state index in [2.05, 4.69) is 0 Å². The number of benzene rings is 1. The zero-order valence-electron chi connectivity index (χ0n) is 12.0. The number of phenolic OH excluding ortho intramolecular Hbond substituents is 2. The molecule has 5 heteroatoms. The summed E-state index contributed by atoms with van der Waals surface area (Å²) < 4.78 is 0. The third-order valence-corrected chi connectivity index (χ3v) is 3.23. The fourth-order valence-electron chi connectivity index (χ4n) is 2.74. The Hall–Kier alpha value is -1.30. The quantitative estimate of drug-likeness (QED) is 0.781. The third-order valence-electron chi connectivity index (χ3n) is 3.23. The average molecular weight is 253 g/mol. The molecule has 0 saturated carbocycles. The van der Waals surface area contributed by atoms with E-state index in [1.54, 1.807) is 18.2 Å². The van der Waals surface area contributed by atoms with Crippen LogP contribution in [0.4, 0.5) is 0 Å². The Morgan fingerprint density at radius 1 is 0.778 bits per heavy atom. The number of phenols is 2. The summed E-state index contributed by atoms with van der Waals surface area (Å²) in [7, 11) is 11.5. The van der Waals surface area contributed by atoms with Gasteiger partial charge in [0.2, 0.25) is 0 Å². The molecule has 0 spiro atoms. The molecule has 0 bridgehead atoms. The van der Waals surface area contributed by atoms with E-state index in [9.17, 15) is 10.2 Å². The highest BCUT2D eigenvalue weighted by Gasteiger charge is 2.43. The summed E-state index contributed by atoms with van der Waals surface area (Å²) in [5.74, 6) is -0.577. The second kappa shape index (κ2) is 5.14. The molecule has 1 aromatic rings. The van der Waals surface area contributed by atoms with Gasteiger partial charge < -0.3 is 10.2 Å². The Morgan fingerprint density at radius 2 is 1.11 bits per heavy atom. The molecule has 18 heavy (non-hydrogen) atoms. The van der Waals surface area contributed by atoms with Crippen molar-refractivity contribution in [2.24, 2.45) is 0 Å². The van der Waals surface area contributed by atoms with Crippen molar-refractivity contribution in [3.05, 3.63) is 23.8 Å². The fourth-order valence-corrected chi connectivity index (χ4v) is 2.74. The van der Waals surface area contributed by atoms with E-state index < -0.39 is 5.79 Å². The van der Waals surface area contributed by atoms with Gasteiger partial charge in [-0.2, -0.15) is 0 Å². The topological polar surface area (TPSA) is 50.2 Å². The van der Waals surface area contributed by atoms with E-state index in [0.717, 1.165) is 0 Å². The molecule has 0 aromatic heterocycles. The van der Waals surface area contributed by atoms with Crippen LogP contribution in [0.25, 0.3) is 0 Å². The van der Waals surface area contributed by atoms with Crippen LogP contribution in [0.5, 0.6) is 11.5 Å². The predicted octanol–water partition coefficient (Wildman–Crippen LogP) is 0.893. The third kappa shape index (κ3) is 2.05. The lowest BCUT2D eigenvalue weighted by molar-refractivity contribution is -0.118. The second-order valence-electron chi connectivity index (χ2n) is 4.99. The van der Waals surface area contributed by atoms with Gasteiger partial charge in [-0.25, -0.2) is 0 Å². The number of hydrogen-bond donors (Lipinski definition) is 2. The molecule has 0 amide bonds. The highest BCUT2D eigenvalue weighted by atomic mass is 16.3. The lowest BCUT2D eigenvalue weighted by atomic mass is 10.0. The predicted molar refractivity (Wildman–Crippen MR) is 72.5 cm³/mol. The molecule has 0 aliphatic heterocycles. The number of hydrogen-bond acceptors (Lipinski definition) is 5. The lowest BCUT2D eigenvalue weighted by Gasteiger charge is -2.50. The molecule has 102 valence electrons. The summed E-state index contributed by atoms with van der Waals surface area (Å²) in [6.07, 6.45) is 0. The summed E-state index contributed by atoms with van der Waals surface area (Å²) in [5, 5.41) is 20.3. The van der Waals surface area contributed by atoms with Crippen molar-refractivity contribution in [2.75, 3.05) is 42.3 Å². The first kappa shape index (κ1) is 14.8. The first-order valence-electron chi connectivity index (χ1n) is 5.80. The standard InChI is InChI=1S/C13H23N3O2/c1-14(2)13(15(3)4,16(5)6)12-10(17)8-7-9-11(12)18/h7-9,17-18H,1-6H3. The Morgan fingerprint density at radius 3 is 1.39 bits per heavy atom. The van der Waals surface area contributed by atoms with Crippen LogP contribution in [0.15, 0.2) is 18.2 Å². The maximum Gasteiger partial charge on any atom is 0.163 e. The summed E-state index contributed by atoms with van der Waals surface area (Å²) in [5.41, 5.74) is 0.477. The molecule has 0 atom stereocenters. The van der Waals surface area contributed by atoms with Crippen LogP contribution in [-0.2, 0) is 5.79 Å². The summed E-state index contributed by atoms with van der Waals surface area (Å²) in [6, 6.07) is 4.79. The van der Waals surface area contributed by atoms with E-state index >= 15 is 0 Å². The van der Waals surface area contributed by atoms with Crippen molar-refractivity contribution < 1.29 is 10.2 Å². The van der Waals surface area contributed by atoms with Crippen molar-refractivity contribution in [1.82, 2.24) is 14.7 Å². The Labute approximate surface area is 109 Å². The number of aromatic hydroxyl groups is 2. The SMILES string of the molecule is CN(C)C(c1c(O)cccc1O)(N(C)C)N(C)C. The van der Waals surface area contributed by atoms with Crippen LogP contribution in [0.1, 0.15) is 5.56 Å². The van der Waals surface area contributed by atoms with E-state index in [1.165, 1.54) is 0 Å². The van der Waals surface area contributed by atoms with Gasteiger partial charge in [0.25, 0.3) is 0 Å². The van der Waals surface area contributed by atoms with Gasteiger partial charge in [0.05, 0.1) is 5.56 Å². The molecule has 0 aliphatic carbocycles. The summed E-state index contributed by atoms with van der Waals surface area (Å²) in [4.78, 5) is 5.84. The molecule has 0 fully saturated rings.